The van der Waals surface area contributed by atoms with Gasteiger partial charge in [-0.05, 0) is 53.3 Å². The van der Waals surface area contributed by atoms with E-state index in [1.807, 2.05) is 73.7 Å². The number of carbonyl (C=O) groups excluding carboxylic acids is 2. The van der Waals surface area contributed by atoms with Crippen molar-refractivity contribution in [1.82, 2.24) is 10.2 Å². The minimum absolute atomic E-state index is 0.148. The summed E-state index contributed by atoms with van der Waals surface area (Å²) >= 11 is 3.45. The van der Waals surface area contributed by atoms with E-state index < -0.39 is 28.5 Å². The predicted octanol–water partition coefficient (Wildman–Crippen LogP) is 5.89. The second-order valence-corrected chi connectivity index (χ2v) is 13.3. The van der Waals surface area contributed by atoms with E-state index in [2.05, 4.69) is 35.1 Å². The molecule has 1 atom stereocenters. The molecule has 2 amide bonds. The van der Waals surface area contributed by atoms with Crippen LogP contribution in [0.15, 0.2) is 83.3 Å². The molecule has 0 aliphatic rings. The fourth-order valence-corrected chi connectivity index (χ4v) is 5.60. The van der Waals surface area contributed by atoms with Crippen LogP contribution in [-0.2, 0) is 32.6 Å². The van der Waals surface area contributed by atoms with Crippen LogP contribution in [0.4, 0.5) is 5.69 Å². The third-order valence-electron chi connectivity index (χ3n) is 6.89. The van der Waals surface area contributed by atoms with E-state index in [9.17, 15) is 18.0 Å². The first kappa shape index (κ1) is 32.3. The SMILES string of the molecule is CCCCNC(=O)[C@H](Cc1ccccc1)N(Cc1ccc(Br)cc1)C(=O)CN(c1ccc(C(C)C)cc1)S(C)(=O)=O. The molecule has 41 heavy (non-hydrogen) atoms. The van der Waals surface area contributed by atoms with Crippen molar-refractivity contribution in [3.8, 4) is 0 Å². The van der Waals surface area contributed by atoms with Crippen LogP contribution in [0.5, 0.6) is 0 Å². The van der Waals surface area contributed by atoms with Gasteiger partial charge in [-0.3, -0.25) is 13.9 Å². The molecule has 0 aliphatic carbocycles. The van der Waals surface area contributed by atoms with Gasteiger partial charge in [0.05, 0.1) is 11.9 Å². The standard InChI is InChI=1S/C32H40BrN3O4S/c1-5-6-20-34-32(38)30(21-25-10-8-7-9-11-25)35(22-26-12-16-28(33)17-13-26)31(37)23-36(41(4,39)40)29-18-14-27(15-19-29)24(2)3/h7-19,24,30H,5-6,20-23H2,1-4H3,(H,34,38)/t30-/m0/s1. The van der Waals surface area contributed by atoms with Crippen LogP contribution in [-0.4, -0.2) is 50.5 Å². The van der Waals surface area contributed by atoms with Crippen molar-refractivity contribution in [2.75, 3.05) is 23.7 Å². The molecule has 3 aromatic carbocycles. The van der Waals surface area contributed by atoms with E-state index in [1.165, 1.54) is 4.90 Å². The molecule has 0 saturated heterocycles. The van der Waals surface area contributed by atoms with Gasteiger partial charge < -0.3 is 10.2 Å². The number of hydrogen-bond donors (Lipinski definition) is 1. The zero-order chi connectivity index (χ0) is 30.0. The fraction of sp³-hybridized carbons (Fsp3) is 0.375. The predicted molar refractivity (Wildman–Crippen MR) is 169 cm³/mol. The summed E-state index contributed by atoms with van der Waals surface area (Å²) in [4.78, 5) is 29.3. The smallest absolute Gasteiger partial charge is 0.244 e. The van der Waals surface area contributed by atoms with Gasteiger partial charge >= 0.3 is 0 Å². The zero-order valence-electron chi connectivity index (χ0n) is 24.2. The van der Waals surface area contributed by atoms with Crippen molar-refractivity contribution in [2.24, 2.45) is 0 Å². The van der Waals surface area contributed by atoms with Crippen LogP contribution in [0.25, 0.3) is 0 Å². The van der Waals surface area contributed by atoms with Crippen LogP contribution in [0.3, 0.4) is 0 Å². The maximum atomic E-state index is 14.1. The Morgan fingerprint density at radius 3 is 2.10 bits per heavy atom. The minimum Gasteiger partial charge on any atom is -0.354 e. The fourth-order valence-electron chi connectivity index (χ4n) is 4.49. The van der Waals surface area contributed by atoms with Crippen LogP contribution < -0.4 is 9.62 Å². The first-order chi connectivity index (χ1) is 19.5. The van der Waals surface area contributed by atoms with Crippen molar-refractivity contribution in [3.05, 3.63) is 100 Å². The highest BCUT2D eigenvalue weighted by atomic mass is 79.9. The van der Waals surface area contributed by atoms with Crippen molar-refractivity contribution < 1.29 is 18.0 Å². The quantitative estimate of drug-likeness (QED) is 0.222. The van der Waals surface area contributed by atoms with Crippen molar-refractivity contribution in [3.63, 3.8) is 0 Å². The molecule has 0 fully saturated rings. The van der Waals surface area contributed by atoms with E-state index in [1.54, 1.807) is 12.1 Å². The number of amides is 2. The average molecular weight is 643 g/mol. The van der Waals surface area contributed by atoms with Crippen molar-refractivity contribution in [2.45, 2.75) is 58.5 Å². The van der Waals surface area contributed by atoms with Crippen LogP contribution in [0.1, 0.15) is 56.2 Å². The second kappa shape index (κ2) is 15.2. The highest BCUT2D eigenvalue weighted by Gasteiger charge is 2.33. The lowest BCUT2D eigenvalue weighted by Gasteiger charge is -2.33. The van der Waals surface area contributed by atoms with Crippen molar-refractivity contribution in [1.29, 1.82) is 0 Å². The Morgan fingerprint density at radius 2 is 1.54 bits per heavy atom. The number of sulfonamides is 1. The van der Waals surface area contributed by atoms with Gasteiger partial charge in [0.2, 0.25) is 21.8 Å². The largest absolute Gasteiger partial charge is 0.354 e. The van der Waals surface area contributed by atoms with Gasteiger partial charge in [0.1, 0.15) is 12.6 Å². The number of carbonyl (C=O) groups is 2. The molecule has 0 saturated carbocycles. The summed E-state index contributed by atoms with van der Waals surface area (Å²) in [6.07, 6.45) is 3.13. The molecule has 220 valence electrons. The minimum atomic E-state index is -3.80. The molecule has 3 aromatic rings. The lowest BCUT2D eigenvalue weighted by molar-refractivity contribution is -0.140. The molecule has 0 aromatic heterocycles. The molecule has 9 heteroatoms. The third-order valence-corrected chi connectivity index (χ3v) is 8.56. The number of nitrogens with one attached hydrogen (secondary N) is 1. The van der Waals surface area contributed by atoms with E-state index in [-0.39, 0.29) is 18.4 Å². The van der Waals surface area contributed by atoms with Gasteiger partial charge in [0.15, 0.2) is 0 Å². The molecule has 7 nitrogen and oxygen atoms in total. The molecule has 0 radical (unpaired) electrons. The summed E-state index contributed by atoms with van der Waals surface area (Å²) < 4.78 is 27.9. The van der Waals surface area contributed by atoms with Gasteiger partial charge in [-0.15, -0.1) is 0 Å². The number of hydrogen-bond acceptors (Lipinski definition) is 4. The number of unbranched alkanes of at least 4 members (excludes halogenated alkanes) is 1. The first-order valence-corrected chi connectivity index (χ1v) is 16.6. The maximum Gasteiger partial charge on any atom is 0.244 e. The Balaban J connectivity index is 2.02. The maximum absolute atomic E-state index is 14.1. The Hall–Kier alpha value is -3.17. The highest BCUT2D eigenvalue weighted by Crippen LogP contribution is 2.23. The van der Waals surface area contributed by atoms with E-state index in [4.69, 9.17) is 0 Å². The molecule has 0 bridgehead atoms. The van der Waals surface area contributed by atoms with Gasteiger partial charge in [-0.1, -0.05) is 97.7 Å². The van der Waals surface area contributed by atoms with Gasteiger partial charge in [0.25, 0.3) is 0 Å². The lowest BCUT2D eigenvalue weighted by Crippen LogP contribution is -2.53. The van der Waals surface area contributed by atoms with Crippen LogP contribution in [0.2, 0.25) is 0 Å². The first-order valence-electron chi connectivity index (χ1n) is 13.9. The lowest BCUT2D eigenvalue weighted by atomic mass is 10.0. The summed E-state index contributed by atoms with van der Waals surface area (Å²) in [5, 5.41) is 2.99. The highest BCUT2D eigenvalue weighted by molar-refractivity contribution is 9.10. The summed E-state index contributed by atoms with van der Waals surface area (Å²) in [5.41, 5.74) is 3.20. The van der Waals surface area contributed by atoms with Gasteiger partial charge in [-0.25, -0.2) is 8.42 Å². The molecule has 0 spiro atoms. The summed E-state index contributed by atoms with van der Waals surface area (Å²) in [6.45, 7) is 6.39. The molecular formula is C32H40BrN3O4S. The van der Waals surface area contributed by atoms with Gasteiger partial charge in [-0.2, -0.15) is 0 Å². The number of anilines is 1. The van der Waals surface area contributed by atoms with Crippen LogP contribution >= 0.6 is 15.9 Å². The average Bonchev–Trinajstić information content (AvgIpc) is 2.94. The number of rotatable bonds is 14. The normalized spacial score (nSPS) is 12.1. The van der Waals surface area contributed by atoms with E-state index >= 15 is 0 Å². The Morgan fingerprint density at radius 1 is 0.902 bits per heavy atom. The van der Waals surface area contributed by atoms with Crippen LogP contribution in [0, 0.1) is 0 Å². The Labute approximate surface area is 253 Å². The summed E-state index contributed by atoms with van der Waals surface area (Å²) in [6, 6.07) is 23.4. The monoisotopic (exact) mass is 641 g/mol. The molecule has 0 aliphatic heterocycles. The zero-order valence-corrected chi connectivity index (χ0v) is 26.6. The number of halogens is 1. The molecular weight excluding hydrogens is 602 g/mol. The number of benzene rings is 3. The summed E-state index contributed by atoms with van der Waals surface area (Å²) in [5.74, 6) is -0.443. The molecule has 0 heterocycles. The van der Waals surface area contributed by atoms with E-state index in [0.717, 1.165) is 44.6 Å². The van der Waals surface area contributed by atoms with Crippen molar-refractivity contribution >= 4 is 43.5 Å². The Kier molecular flexibility index (Phi) is 12.0. The molecule has 3 rings (SSSR count). The van der Waals surface area contributed by atoms with E-state index in [0.29, 0.717) is 18.7 Å². The molecule has 1 N–H and O–H groups in total. The Bertz CT molecular complexity index is 1380. The van der Waals surface area contributed by atoms with Gasteiger partial charge in [0, 0.05) is 24.0 Å². The summed E-state index contributed by atoms with van der Waals surface area (Å²) in [7, 11) is -3.80. The molecule has 0 unspecified atom stereocenters. The second-order valence-electron chi connectivity index (χ2n) is 10.5. The topological polar surface area (TPSA) is 86.8 Å². The number of nitrogens with zero attached hydrogens (tertiary/aromatic N) is 2. The third kappa shape index (κ3) is 9.71.